The lowest BCUT2D eigenvalue weighted by Gasteiger charge is -2.37. The average molecular weight is 309 g/mol. The molecule has 1 unspecified atom stereocenters. The van der Waals surface area contributed by atoms with Crippen molar-refractivity contribution >= 4 is 29.4 Å². The summed E-state index contributed by atoms with van der Waals surface area (Å²) in [7, 11) is 0. The number of para-hydroxylation sites is 1. The summed E-state index contributed by atoms with van der Waals surface area (Å²) in [5, 5.41) is 5.99. The van der Waals surface area contributed by atoms with Crippen LogP contribution in [0.4, 0.5) is 5.69 Å². The van der Waals surface area contributed by atoms with Gasteiger partial charge in [-0.05, 0) is 42.8 Å². The second-order valence-electron chi connectivity index (χ2n) is 5.77. The molecule has 0 radical (unpaired) electrons. The van der Waals surface area contributed by atoms with Crippen LogP contribution in [0.2, 0.25) is 0 Å². The Morgan fingerprint density at radius 3 is 2.80 bits per heavy atom. The molecule has 4 heteroatoms. The van der Waals surface area contributed by atoms with Gasteiger partial charge in [-0.15, -0.1) is 0 Å². The Morgan fingerprint density at radius 2 is 2.10 bits per heavy atom. The predicted molar refractivity (Wildman–Crippen MR) is 91.2 cm³/mol. The molecule has 1 saturated carbocycles. The van der Waals surface area contributed by atoms with Gasteiger partial charge in [-0.2, -0.15) is 0 Å². The molecule has 1 fully saturated rings. The van der Waals surface area contributed by atoms with Crippen molar-refractivity contribution in [1.82, 2.24) is 0 Å². The third-order valence-corrected chi connectivity index (χ3v) is 6.49. The van der Waals surface area contributed by atoms with Gasteiger partial charge in [-0.3, -0.25) is 5.14 Å². The highest BCUT2D eigenvalue weighted by Gasteiger charge is 2.36. The third kappa shape index (κ3) is 2.70. The van der Waals surface area contributed by atoms with Crippen LogP contribution in [0.15, 0.2) is 23.1 Å². The quantitative estimate of drug-likeness (QED) is 0.811. The third-order valence-electron chi connectivity index (χ3n) is 4.40. The number of aryl methyl sites for hydroxylation is 1. The lowest BCUT2D eigenvalue weighted by molar-refractivity contribution is 0.422. The number of thioether (sulfide) groups is 1. The van der Waals surface area contributed by atoms with E-state index in [9.17, 15) is 0 Å². The Balaban J connectivity index is 1.95. The molecule has 110 valence electrons. The van der Waals surface area contributed by atoms with Gasteiger partial charge < -0.3 is 4.90 Å². The van der Waals surface area contributed by atoms with Crippen molar-refractivity contribution in [2.45, 2.75) is 67.5 Å². The second kappa shape index (κ2) is 6.63. The van der Waals surface area contributed by atoms with Crippen LogP contribution in [0.1, 0.15) is 51.0 Å². The molecule has 2 aliphatic rings. The van der Waals surface area contributed by atoms with Crippen LogP contribution in [0, 0.1) is 0 Å². The summed E-state index contributed by atoms with van der Waals surface area (Å²) < 4.78 is 0.367. The fourth-order valence-electron chi connectivity index (χ4n) is 3.51. The number of nitrogens with zero attached hydrogens (tertiary/aromatic N) is 1. The smallest absolute Gasteiger partial charge is 0.141 e. The zero-order valence-corrected chi connectivity index (χ0v) is 13.8. The molecule has 20 heavy (non-hydrogen) atoms. The normalized spacial score (nSPS) is 23.1. The minimum Gasteiger partial charge on any atom is -0.345 e. The van der Waals surface area contributed by atoms with E-state index in [4.69, 9.17) is 5.14 Å². The maximum atomic E-state index is 5.99. The van der Waals surface area contributed by atoms with E-state index in [0.717, 1.165) is 0 Å². The average Bonchev–Trinajstić information content (AvgIpc) is 2.88. The van der Waals surface area contributed by atoms with E-state index in [1.807, 2.05) is 11.8 Å². The van der Waals surface area contributed by atoms with Crippen LogP contribution >= 0.6 is 23.7 Å². The summed E-state index contributed by atoms with van der Waals surface area (Å²) in [6.45, 7) is 2.27. The lowest BCUT2D eigenvalue weighted by Crippen LogP contribution is -2.40. The van der Waals surface area contributed by atoms with E-state index < -0.39 is 0 Å². The van der Waals surface area contributed by atoms with Gasteiger partial charge in [0.2, 0.25) is 0 Å². The van der Waals surface area contributed by atoms with Gasteiger partial charge in [0.05, 0.1) is 5.69 Å². The van der Waals surface area contributed by atoms with Crippen LogP contribution in [0.3, 0.4) is 0 Å². The van der Waals surface area contributed by atoms with Gasteiger partial charge in [0.15, 0.2) is 0 Å². The summed E-state index contributed by atoms with van der Waals surface area (Å²) in [6.07, 6.45) is 9.20. The maximum Gasteiger partial charge on any atom is 0.141 e. The van der Waals surface area contributed by atoms with Crippen molar-refractivity contribution < 1.29 is 0 Å². The van der Waals surface area contributed by atoms with Crippen molar-refractivity contribution in [3.05, 3.63) is 23.8 Å². The minimum absolute atomic E-state index is 0.367. The van der Waals surface area contributed by atoms with E-state index in [2.05, 4.69) is 30.0 Å². The van der Waals surface area contributed by atoms with E-state index in [1.54, 1.807) is 0 Å². The zero-order valence-electron chi connectivity index (χ0n) is 12.2. The number of benzene rings is 1. The molecule has 2 N–H and O–H groups in total. The van der Waals surface area contributed by atoms with Crippen LogP contribution in [0.5, 0.6) is 0 Å². The summed E-state index contributed by atoms with van der Waals surface area (Å²) in [5.41, 5.74) is 3.01. The lowest BCUT2D eigenvalue weighted by atomic mass is 9.93. The first-order valence-corrected chi connectivity index (χ1v) is 9.59. The SMILES string of the molecule is CCCc1cccc2c1N(C1CCCCC1)C(SN)S2. The van der Waals surface area contributed by atoms with E-state index in [-0.39, 0.29) is 0 Å². The Labute approximate surface area is 131 Å². The number of nitrogens with two attached hydrogens (primary N) is 1. The Morgan fingerprint density at radius 1 is 1.30 bits per heavy atom. The molecular formula is C16H24N2S2. The van der Waals surface area contributed by atoms with E-state index in [0.29, 0.717) is 10.7 Å². The molecule has 1 aromatic rings. The summed E-state index contributed by atoms with van der Waals surface area (Å²) in [4.78, 5) is 4.08. The van der Waals surface area contributed by atoms with E-state index >= 15 is 0 Å². The highest BCUT2D eigenvalue weighted by atomic mass is 32.2. The fourth-order valence-corrected chi connectivity index (χ4v) is 5.56. The molecule has 0 saturated heterocycles. The molecule has 0 spiro atoms. The fraction of sp³-hybridized carbons (Fsp3) is 0.625. The number of fused-ring (bicyclic) bond motifs is 1. The highest BCUT2D eigenvalue weighted by molar-refractivity contribution is 8.16. The Bertz CT molecular complexity index is 458. The van der Waals surface area contributed by atoms with Crippen LogP contribution in [0.25, 0.3) is 0 Å². The Hall–Kier alpha value is -0.320. The first kappa shape index (κ1) is 14.6. The topological polar surface area (TPSA) is 29.3 Å². The first-order chi connectivity index (χ1) is 9.85. The van der Waals surface area contributed by atoms with Crippen molar-refractivity contribution in [3.63, 3.8) is 0 Å². The largest absolute Gasteiger partial charge is 0.345 e. The van der Waals surface area contributed by atoms with Gasteiger partial charge in [-0.25, -0.2) is 0 Å². The molecule has 0 aromatic heterocycles. The number of hydrogen-bond acceptors (Lipinski definition) is 4. The summed E-state index contributed by atoms with van der Waals surface area (Å²) >= 11 is 3.45. The molecular weight excluding hydrogens is 284 g/mol. The Kier molecular flexibility index (Phi) is 4.84. The number of anilines is 1. The van der Waals surface area contributed by atoms with Crippen LogP contribution in [-0.4, -0.2) is 10.7 Å². The molecule has 1 aliphatic carbocycles. The van der Waals surface area contributed by atoms with Gasteiger partial charge in [0, 0.05) is 10.9 Å². The predicted octanol–water partition coefficient (Wildman–Crippen LogP) is 4.77. The van der Waals surface area contributed by atoms with Gasteiger partial charge in [0.1, 0.15) is 4.71 Å². The van der Waals surface area contributed by atoms with Gasteiger partial charge >= 0.3 is 0 Å². The molecule has 0 bridgehead atoms. The second-order valence-corrected chi connectivity index (χ2v) is 7.91. The van der Waals surface area contributed by atoms with Crippen molar-refractivity contribution in [2.75, 3.05) is 4.90 Å². The molecule has 1 heterocycles. The minimum atomic E-state index is 0.367. The molecule has 0 amide bonds. The standard InChI is InChI=1S/C16H24N2S2/c1-2-7-12-8-6-11-14-15(12)18(16(19-14)20-17)13-9-4-3-5-10-13/h6,8,11,13,16H,2-5,7,9-10,17H2,1H3. The number of rotatable bonds is 4. The molecule has 1 aliphatic heterocycles. The molecule has 2 nitrogen and oxygen atoms in total. The zero-order chi connectivity index (χ0) is 13.9. The molecule has 1 aromatic carbocycles. The van der Waals surface area contributed by atoms with Gasteiger partial charge in [-0.1, -0.05) is 56.5 Å². The monoisotopic (exact) mass is 308 g/mol. The summed E-state index contributed by atoms with van der Waals surface area (Å²) in [6, 6.07) is 7.48. The maximum absolute atomic E-state index is 5.99. The molecule has 1 atom stereocenters. The summed E-state index contributed by atoms with van der Waals surface area (Å²) in [5.74, 6) is 0. The molecule has 3 rings (SSSR count). The highest BCUT2D eigenvalue weighted by Crippen LogP contribution is 2.50. The van der Waals surface area contributed by atoms with Crippen molar-refractivity contribution in [3.8, 4) is 0 Å². The first-order valence-electron chi connectivity index (χ1n) is 7.77. The van der Waals surface area contributed by atoms with Gasteiger partial charge in [0.25, 0.3) is 0 Å². The van der Waals surface area contributed by atoms with E-state index in [1.165, 1.54) is 73.0 Å². The number of hydrogen-bond donors (Lipinski definition) is 1. The van der Waals surface area contributed by atoms with Crippen molar-refractivity contribution in [2.24, 2.45) is 5.14 Å². The van der Waals surface area contributed by atoms with Crippen molar-refractivity contribution in [1.29, 1.82) is 0 Å². The van der Waals surface area contributed by atoms with Crippen LogP contribution in [-0.2, 0) is 6.42 Å². The van der Waals surface area contributed by atoms with Crippen LogP contribution < -0.4 is 10.0 Å².